The fraction of sp³-hybridized carbons (Fsp3) is 0.250. The van der Waals surface area contributed by atoms with Crippen molar-refractivity contribution in [2.45, 2.75) is 37.9 Å². The minimum Gasteiger partial charge on any atom is -0.157 e. The average molecular weight is 451 g/mol. The van der Waals surface area contributed by atoms with E-state index in [1.165, 1.54) is 34.2 Å². The monoisotopic (exact) mass is 450 g/mol. The fourth-order valence-electron chi connectivity index (χ4n) is 4.59. The quantitative estimate of drug-likeness (QED) is 0.221. The highest BCUT2D eigenvalue weighted by Crippen LogP contribution is 2.35. The van der Waals surface area contributed by atoms with Crippen molar-refractivity contribution in [1.82, 2.24) is 0 Å². The average Bonchev–Trinajstić information content (AvgIpc) is 2.87. The van der Waals surface area contributed by atoms with Crippen LogP contribution in [0, 0.1) is 12.8 Å². The first-order valence-corrected chi connectivity index (χ1v) is 13.2. The summed E-state index contributed by atoms with van der Waals surface area (Å²) in [4.78, 5) is 0. The lowest BCUT2D eigenvalue weighted by atomic mass is 9.79. The van der Waals surface area contributed by atoms with Gasteiger partial charge in [-0.1, -0.05) is 121 Å². The summed E-state index contributed by atoms with van der Waals surface area (Å²) in [5, 5.41) is 0. The Morgan fingerprint density at radius 1 is 0.606 bits per heavy atom. The standard InChI is InChI=1S/C32H34S/c1-26-17-20-30(21-18-26)32(22-19-27-11-5-2-6-12-27)31(23-28-13-7-3-8-14-28)25-33-24-29-15-9-4-10-16-29/h2-18,20-21,31-32H,19,22-25H2,1H3. The van der Waals surface area contributed by atoms with Crippen LogP contribution in [0.2, 0.25) is 0 Å². The molecule has 0 saturated heterocycles. The van der Waals surface area contributed by atoms with Gasteiger partial charge < -0.3 is 0 Å². The highest BCUT2D eigenvalue weighted by atomic mass is 32.2. The van der Waals surface area contributed by atoms with Crippen LogP contribution in [-0.4, -0.2) is 5.75 Å². The van der Waals surface area contributed by atoms with Gasteiger partial charge in [0.2, 0.25) is 0 Å². The van der Waals surface area contributed by atoms with Gasteiger partial charge >= 0.3 is 0 Å². The number of hydrogen-bond acceptors (Lipinski definition) is 1. The van der Waals surface area contributed by atoms with E-state index in [4.69, 9.17) is 0 Å². The lowest BCUT2D eigenvalue weighted by molar-refractivity contribution is 0.438. The molecular formula is C32H34S. The maximum atomic E-state index is 2.37. The summed E-state index contributed by atoms with van der Waals surface area (Å²) < 4.78 is 0. The summed E-state index contributed by atoms with van der Waals surface area (Å²) in [5.74, 6) is 3.37. The van der Waals surface area contributed by atoms with Crippen molar-refractivity contribution < 1.29 is 0 Å². The van der Waals surface area contributed by atoms with Gasteiger partial charge in [0.25, 0.3) is 0 Å². The molecule has 0 amide bonds. The predicted molar refractivity (Wildman–Crippen MR) is 145 cm³/mol. The molecule has 0 aliphatic heterocycles. The molecule has 0 saturated carbocycles. The molecule has 0 nitrogen and oxygen atoms in total. The Balaban J connectivity index is 1.56. The number of thioether (sulfide) groups is 1. The zero-order valence-electron chi connectivity index (χ0n) is 19.6. The number of benzene rings is 4. The van der Waals surface area contributed by atoms with Gasteiger partial charge in [-0.15, -0.1) is 0 Å². The maximum absolute atomic E-state index is 2.37. The third-order valence-corrected chi connectivity index (χ3v) is 7.65. The van der Waals surface area contributed by atoms with E-state index in [-0.39, 0.29) is 0 Å². The summed E-state index contributed by atoms with van der Waals surface area (Å²) in [7, 11) is 0. The van der Waals surface area contributed by atoms with Crippen molar-refractivity contribution in [2.75, 3.05) is 5.75 Å². The van der Waals surface area contributed by atoms with E-state index in [9.17, 15) is 0 Å². The Morgan fingerprint density at radius 3 is 1.76 bits per heavy atom. The van der Waals surface area contributed by atoms with Crippen molar-refractivity contribution in [3.8, 4) is 0 Å². The topological polar surface area (TPSA) is 0 Å². The molecule has 33 heavy (non-hydrogen) atoms. The van der Waals surface area contributed by atoms with Crippen LogP contribution in [0.3, 0.4) is 0 Å². The van der Waals surface area contributed by atoms with Gasteiger partial charge in [-0.05, 0) is 66.0 Å². The van der Waals surface area contributed by atoms with Gasteiger partial charge in [-0.2, -0.15) is 11.8 Å². The summed E-state index contributed by atoms with van der Waals surface area (Å²) in [6, 6.07) is 42.2. The summed E-state index contributed by atoms with van der Waals surface area (Å²) in [6.07, 6.45) is 3.42. The summed E-state index contributed by atoms with van der Waals surface area (Å²) >= 11 is 2.08. The van der Waals surface area contributed by atoms with E-state index in [0.717, 1.165) is 24.3 Å². The Bertz CT molecular complexity index is 1060. The van der Waals surface area contributed by atoms with Crippen molar-refractivity contribution in [3.63, 3.8) is 0 Å². The second-order valence-electron chi connectivity index (χ2n) is 8.99. The Labute approximate surface area is 204 Å². The molecule has 168 valence electrons. The maximum Gasteiger partial charge on any atom is 0.0184 e. The van der Waals surface area contributed by atoms with Crippen LogP contribution in [0.5, 0.6) is 0 Å². The molecule has 0 N–H and O–H groups in total. The lowest BCUT2D eigenvalue weighted by Gasteiger charge is -2.28. The van der Waals surface area contributed by atoms with Crippen LogP contribution in [0.25, 0.3) is 0 Å². The summed E-state index contributed by atoms with van der Waals surface area (Å²) in [6.45, 7) is 2.18. The van der Waals surface area contributed by atoms with Crippen LogP contribution in [0.4, 0.5) is 0 Å². The van der Waals surface area contributed by atoms with Crippen LogP contribution in [0.1, 0.15) is 40.2 Å². The zero-order valence-corrected chi connectivity index (χ0v) is 20.4. The van der Waals surface area contributed by atoms with E-state index in [2.05, 4.69) is 134 Å². The SMILES string of the molecule is Cc1ccc(C(CCc2ccccc2)C(CSCc2ccccc2)Cc2ccccc2)cc1. The Hall–Kier alpha value is -2.77. The minimum atomic E-state index is 0.536. The zero-order chi connectivity index (χ0) is 22.7. The number of hydrogen-bond donors (Lipinski definition) is 0. The van der Waals surface area contributed by atoms with E-state index in [0.29, 0.717) is 11.8 Å². The normalized spacial score (nSPS) is 12.9. The molecule has 0 bridgehead atoms. The van der Waals surface area contributed by atoms with Gasteiger partial charge in [0, 0.05) is 5.75 Å². The smallest absolute Gasteiger partial charge is 0.0184 e. The first kappa shape index (κ1) is 23.4. The molecular weight excluding hydrogens is 416 g/mol. The van der Waals surface area contributed by atoms with Crippen LogP contribution >= 0.6 is 11.8 Å². The molecule has 0 heterocycles. The molecule has 0 aromatic heterocycles. The minimum absolute atomic E-state index is 0.536. The highest BCUT2D eigenvalue weighted by molar-refractivity contribution is 7.98. The molecule has 0 radical (unpaired) electrons. The second-order valence-corrected chi connectivity index (χ2v) is 10.0. The molecule has 1 heteroatoms. The molecule has 2 unspecified atom stereocenters. The molecule has 0 fully saturated rings. The van der Waals surface area contributed by atoms with Crippen molar-refractivity contribution >= 4 is 11.8 Å². The van der Waals surface area contributed by atoms with Gasteiger partial charge in [-0.25, -0.2) is 0 Å². The Morgan fingerprint density at radius 2 is 1.15 bits per heavy atom. The Kier molecular flexibility index (Phi) is 8.83. The predicted octanol–water partition coefficient (Wildman–Crippen LogP) is 8.50. The van der Waals surface area contributed by atoms with E-state index in [1.54, 1.807) is 0 Å². The lowest BCUT2D eigenvalue weighted by Crippen LogP contribution is -2.19. The molecule has 4 aromatic rings. The highest BCUT2D eigenvalue weighted by Gasteiger charge is 2.24. The van der Waals surface area contributed by atoms with Crippen LogP contribution in [0.15, 0.2) is 115 Å². The molecule has 0 spiro atoms. The third-order valence-electron chi connectivity index (χ3n) is 6.45. The van der Waals surface area contributed by atoms with Gasteiger partial charge in [0.1, 0.15) is 0 Å². The first-order chi connectivity index (χ1) is 16.3. The molecule has 2 atom stereocenters. The van der Waals surface area contributed by atoms with Crippen LogP contribution < -0.4 is 0 Å². The van der Waals surface area contributed by atoms with Crippen LogP contribution in [-0.2, 0) is 18.6 Å². The van der Waals surface area contributed by atoms with Gasteiger partial charge in [-0.3, -0.25) is 0 Å². The van der Waals surface area contributed by atoms with Crippen molar-refractivity contribution in [3.05, 3.63) is 143 Å². The second kappa shape index (κ2) is 12.5. The van der Waals surface area contributed by atoms with E-state index >= 15 is 0 Å². The van der Waals surface area contributed by atoms with Gasteiger partial charge in [0.15, 0.2) is 0 Å². The third kappa shape index (κ3) is 7.37. The van der Waals surface area contributed by atoms with Gasteiger partial charge in [0.05, 0.1) is 0 Å². The number of rotatable bonds is 11. The van der Waals surface area contributed by atoms with E-state index in [1.807, 2.05) is 0 Å². The largest absolute Gasteiger partial charge is 0.157 e. The molecule has 0 aliphatic carbocycles. The van der Waals surface area contributed by atoms with Crippen molar-refractivity contribution in [2.24, 2.45) is 5.92 Å². The fourth-order valence-corrected chi connectivity index (χ4v) is 5.79. The number of aryl methyl sites for hydroxylation is 2. The van der Waals surface area contributed by atoms with Crippen molar-refractivity contribution in [1.29, 1.82) is 0 Å². The molecule has 4 rings (SSSR count). The first-order valence-electron chi connectivity index (χ1n) is 12.0. The molecule has 4 aromatic carbocycles. The molecule has 0 aliphatic rings. The summed E-state index contributed by atoms with van der Waals surface area (Å²) in [5.41, 5.74) is 7.11. The van der Waals surface area contributed by atoms with E-state index < -0.39 is 0 Å².